The molecule has 2 aromatic rings. The van der Waals surface area contributed by atoms with Crippen LogP contribution in [0.1, 0.15) is 37.5 Å². The first-order valence-electron chi connectivity index (χ1n) is 10.4. The normalized spacial score (nSPS) is 13.4. The van der Waals surface area contributed by atoms with Crippen LogP contribution in [0.4, 0.5) is 0 Å². The Kier molecular flexibility index (Phi) is 12.7. The molecule has 174 valence electrons. The van der Waals surface area contributed by atoms with E-state index in [1.165, 1.54) is 0 Å². The predicted octanol–water partition coefficient (Wildman–Crippen LogP) is 2.55. The van der Waals surface area contributed by atoms with Crippen molar-refractivity contribution >= 4 is 29.9 Å². The van der Waals surface area contributed by atoms with Crippen LogP contribution in [0.15, 0.2) is 41.7 Å². The highest BCUT2D eigenvalue weighted by atomic mass is 127. The second kappa shape index (κ2) is 14.4. The lowest BCUT2D eigenvalue weighted by molar-refractivity contribution is 0.0453. The Morgan fingerprint density at radius 1 is 1.19 bits per heavy atom. The number of guanidine groups is 1. The maximum atomic E-state index is 10.8. The number of aliphatic hydroxyl groups is 1. The number of nitrogens with one attached hydrogen (secondary N) is 2. The van der Waals surface area contributed by atoms with Crippen molar-refractivity contribution in [3.05, 3.63) is 53.3 Å². The van der Waals surface area contributed by atoms with Crippen molar-refractivity contribution in [3.63, 3.8) is 0 Å². The van der Waals surface area contributed by atoms with E-state index in [9.17, 15) is 5.11 Å². The first-order valence-corrected chi connectivity index (χ1v) is 10.4. The maximum absolute atomic E-state index is 10.8. The van der Waals surface area contributed by atoms with E-state index in [1.807, 2.05) is 45.3 Å². The van der Waals surface area contributed by atoms with Crippen molar-refractivity contribution in [2.45, 2.75) is 39.5 Å². The van der Waals surface area contributed by atoms with Crippen molar-refractivity contribution in [2.75, 3.05) is 32.9 Å². The number of aromatic nitrogens is 2. The molecule has 0 amide bonds. The summed E-state index contributed by atoms with van der Waals surface area (Å²) in [7, 11) is 1.83. The Morgan fingerprint density at radius 2 is 1.94 bits per heavy atom. The van der Waals surface area contributed by atoms with Gasteiger partial charge in [-0.1, -0.05) is 24.3 Å². The average molecular weight is 545 g/mol. The van der Waals surface area contributed by atoms with Gasteiger partial charge in [0.15, 0.2) is 5.96 Å². The molecule has 0 aliphatic rings. The molecule has 0 saturated heterocycles. The van der Waals surface area contributed by atoms with Crippen molar-refractivity contribution in [1.82, 2.24) is 20.4 Å². The highest BCUT2D eigenvalue weighted by Gasteiger charge is 2.24. The molecular weight excluding hydrogens is 509 g/mol. The summed E-state index contributed by atoms with van der Waals surface area (Å²) in [4.78, 5) is 4.65. The third-order valence-corrected chi connectivity index (χ3v) is 4.53. The van der Waals surface area contributed by atoms with E-state index >= 15 is 0 Å². The summed E-state index contributed by atoms with van der Waals surface area (Å²) >= 11 is 0. The lowest BCUT2D eigenvalue weighted by atomic mass is 10.00. The minimum absolute atomic E-state index is 0. The summed E-state index contributed by atoms with van der Waals surface area (Å²) in [6.45, 7) is 9.77. The smallest absolute Gasteiger partial charge is 0.191 e. The van der Waals surface area contributed by atoms with Crippen LogP contribution in [-0.2, 0) is 35.3 Å². The van der Waals surface area contributed by atoms with Gasteiger partial charge in [-0.2, -0.15) is 5.10 Å². The molecule has 0 radical (unpaired) electrons. The van der Waals surface area contributed by atoms with Crippen LogP contribution in [0.2, 0.25) is 0 Å². The molecule has 0 bridgehead atoms. The molecule has 0 fully saturated rings. The van der Waals surface area contributed by atoms with Gasteiger partial charge in [-0.05, 0) is 31.9 Å². The average Bonchev–Trinajstić information content (AvgIpc) is 3.18. The molecule has 0 spiro atoms. The fourth-order valence-corrected chi connectivity index (χ4v) is 2.84. The number of rotatable bonds is 12. The van der Waals surface area contributed by atoms with Crippen molar-refractivity contribution in [1.29, 1.82) is 0 Å². The number of hydrogen-bond acceptors (Lipinski definition) is 5. The summed E-state index contributed by atoms with van der Waals surface area (Å²) in [5, 5.41) is 21.3. The molecule has 2 rings (SSSR count). The van der Waals surface area contributed by atoms with E-state index in [4.69, 9.17) is 9.47 Å². The molecule has 8 nitrogen and oxygen atoms in total. The molecular formula is C22H36IN5O3. The Labute approximate surface area is 202 Å². The number of ether oxygens (including phenoxy) is 2. The second-order valence-corrected chi connectivity index (χ2v) is 7.29. The van der Waals surface area contributed by atoms with E-state index in [2.05, 4.69) is 26.8 Å². The van der Waals surface area contributed by atoms with Crippen LogP contribution in [-0.4, -0.2) is 53.8 Å². The van der Waals surface area contributed by atoms with Crippen molar-refractivity contribution in [3.8, 4) is 0 Å². The van der Waals surface area contributed by atoms with Gasteiger partial charge >= 0.3 is 0 Å². The lowest BCUT2D eigenvalue weighted by Gasteiger charge is -2.23. The van der Waals surface area contributed by atoms with Crippen LogP contribution in [0.5, 0.6) is 0 Å². The van der Waals surface area contributed by atoms with E-state index in [0.29, 0.717) is 45.5 Å². The molecule has 31 heavy (non-hydrogen) atoms. The molecule has 0 aliphatic carbocycles. The highest BCUT2D eigenvalue weighted by molar-refractivity contribution is 14.0. The molecule has 1 aromatic carbocycles. The van der Waals surface area contributed by atoms with Crippen LogP contribution in [0, 0.1) is 0 Å². The molecule has 0 aliphatic heterocycles. The number of aryl methyl sites for hydroxylation is 1. The molecule has 3 N–H and O–H groups in total. The number of hydrogen-bond donors (Lipinski definition) is 3. The molecule has 1 unspecified atom stereocenters. The summed E-state index contributed by atoms with van der Waals surface area (Å²) in [5.74, 6) is 0.653. The van der Waals surface area contributed by atoms with Crippen LogP contribution < -0.4 is 10.6 Å². The van der Waals surface area contributed by atoms with Gasteiger partial charge in [-0.3, -0.25) is 4.68 Å². The quantitative estimate of drug-likeness (QED) is 0.164. The number of aliphatic imine (C=N–C) groups is 1. The predicted molar refractivity (Wildman–Crippen MR) is 134 cm³/mol. The zero-order valence-electron chi connectivity index (χ0n) is 18.9. The van der Waals surface area contributed by atoms with Gasteiger partial charge in [-0.25, -0.2) is 4.99 Å². The van der Waals surface area contributed by atoms with Gasteiger partial charge in [0.1, 0.15) is 5.60 Å². The molecule has 1 aromatic heterocycles. The zero-order chi connectivity index (χ0) is 21.8. The fraction of sp³-hybridized carbons (Fsp3) is 0.545. The van der Waals surface area contributed by atoms with Crippen LogP contribution in [0.25, 0.3) is 0 Å². The third-order valence-electron chi connectivity index (χ3n) is 4.53. The topological polar surface area (TPSA) is 92.9 Å². The monoisotopic (exact) mass is 545 g/mol. The first kappa shape index (κ1) is 27.3. The van der Waals surface area contributed by atoms with Crippen molar-refractivity contribution < 1.29 is 14.6 Å². The van der Waals surface area contributed by atoms with Crippen LogP contribution >= 0.6 is 24.0 Å². The molecule has 0 saturated carbocycles. The summed E-state index contributed by atoms with van der Waals surface area (Å²) in [5.41, 5.74) is 1.91. The first-order chi connectivity index (χ1) is 14.4. The molecule has 9 heteroatoms. The summed E-state index contributed by atoms with van der Waals surface area (Å²) in [6.07, 6.45) is 3.49. The van der Waals surface area contributed by atoms with E-state index in [-0.39, 0.29) is 24.0 Å². The van der Waals surface area contributed by atoms with Gasteiger partial charge in [0.05, 0.1) is 39.1 Å². The Hall–Kier alpha value is -1.69. The molecule has 1 heterocycles. The van der Waals surface area contributed by atoms with Crippen molar-refractivity contribution in [2.24, 2.45) is 12.0 Å². The van der Waals surface area contributed by atoms with E-state index in [0.717, 1.165) is 23.2 Å². The minimum Gasteiger partial charge on any atom is -0.383 e. The zero-order valence-corrected chi connectivity index (χ0v) is 21.3. The summed E-state index contributed by atoms with van der Waals surface area (Å²) in [6, 6.07) is 8.20. The maximum Gasteiger partial charge on any atom is 0.191 e. The van der Waals surface area contributed by atoms with Gasteiger partial charge in [0.2, 0.25) is 0 Å². The third kappa shape index (κ3) is 9.98. The second-order valence-electron chi connectivity index (χ2n) is 7.29. The van der Waals surface area contributed by atoms with Gasteiger partial charge in [0.25, 0.3) is 0 Å². The molecule has 1 atom stereocenters. The van der Waals surface area contributed by atoms with E-state index in [1.54, 1.807) is 17.8 Å². The summed E-state index contributed by atoms with van der Waals surface area (Å²) < 4.78 is 12.6. The van der Waals surface area contributed by atoms with Gasteiger partial charge in [-0.15, -0.1) is 24.0 Å². The Morgan fingerprint density at radius 3 is 2.61 bits per heavy atom. The van der Waals surface area contributed by atoms with E-state index < -0.39 is 5.60 Å². The fourth-order valence-electron chi connectivity index (χ4n) is 2.84. The SMILES string of the molecule is CCNC(=NCc1cccc(COCCOCC)c1)NCC(C)(O)c1cnn(C)c1.I. The Bertz CT molecular complexity index is 795. The number of benzene rings is 1. The van der Waals surface area contributed by atoms with Gasteiger partial charge < -0.3 is 25.2 Å². The Balaban J connectivity index is 0.00000480. The van der Waals surface area contributed by atoms with Gasteiger partial charge in [0, 0.05) is 32.0 Å². The number of halogens is 1. The van der Waals surface area contributed by atoms with Crippen LogP contribution in [0.3, 0.4) is 0 Å². The largest absolute Gasteiger partial charge is 0.383 e. The highest BCUT2D eigenvalue weighted by Crippen LogP contribution is 2.18. The standard InChI is InChI=1S/C22H35N5O3.HI/c1-5-23-21(25-17-22(3,28)20-14-26-27(4)15-20)24-13-18-8-7-9-19(12-18)16-30-11-10-29-6-2;/h7-9,12,14-15,28H,5-6,10-11,13,16-17H2,1-4H3,(H2,23,24,25);1H. The lowest BCUT2D eigenvalue weighted by Crippen LogP contribution is -2.44. The minimum atomic E-state index is -1.05. The number of nitrogens with zero attached hydrogens (tertiary/aromatic N) is 3.